The molecular weight excluding hydrogens is 173 g/mol. The summed E-state index contributed by atoms with van der Waals surface area (Å²) in [7, 11) is 1.28. The van der Waals surface area contributed by atoms with Crippen LogP contribution in [0.3, 0.4) is 0 Å². The van der Waals surface area contributed by atoms with Crippen LogP contribution in [-0.4, -0.2) is 18.1 Å². The van der Waals surface area contributed by atoms with Crippen molar-refractivity contribution >= 4 is 5.97 Å². The summed E-state index contributed by atoms with van der Waals surface area (Å²) >= 11 is 0. The van der Waals surface area contributed by atoms with Crippen LogP contribution in [0.4, 0.5) is 4.39 Å². The Balaban J connectivity index is 3.13. The van der Waals surface area contributed by atoms with Gasteiger partial charge in [-0.2, -0.15) is 4.39 Å². The molecule has 0 atom stereocenters. The standard InChI is InChI=1S/C9H10FNO2/c1-3-7-6(9(12)13-2)4-5-8(10)11-7/h4-5H,3H2,1-2H3. The fourth-order valence-corrected chi connectivity index (χ4v) is 1.04. The van der Waals surface area contributed by atoms with E-state index < -0.39 is 11.9 Å². The molecular formula is C9H10FNO2. The van der Waals surface area contributed by atoms with Crippen LogP contribution in [0.1, 0.15) is 23.0 Å². The Kier molecular flexibility index (Phi) is 2.95. The van der Waals surface area contributed by atoms with Crippen molar-refractivity contribution in [1.29, 1.82) is 0 Å². The van der Waals surface area contributed by atoms with Crippen molar-refractivity contribution in [2.45, 2.75) is 13.3 Å². The second kappa shape index (κ2) is 3.98. The number of aryl methyl sites for hydroxylation is 1. The van der Waals surface area contributed by atoms with Gasteiger partial charge in [-0.3, -0.25) is 0 Å². The molecule has 0 saturated heterocycles. The predicted molar refractivity (Wildman–Crippen MR) is 44.9 cm³/mol. The van der Waals surface area contributed by atoms with Crippen molar-refractivity contribution in [3.63, 3.8) is 0 Å². The molecule has 0 radical (unpaired) electrons. The first-order chi connectivity index (χ1) is 6.19. The van der Waals surface area contributed by atoms with E-state index in [-0.39, 0.29) is 0 Å². The monoisotopic (exact) mass is 183 g/mol. The number of hydrogen-bond acceptors (Lipinski definition) is 3. The highest BCUT2D eigenvalue weighted by molar-refractivity contribution is 5.90. The summed E-state index contributed by atoms with van der Waals surface area (Å²) in [6.07, 6.45) is 0.502. The number of nitrogens with zero attached hydrogens (tertiary/aromatic N) is 1. The fraction of sp³-hybridized carbons (Fsp3) is 0.333. The third-order valence-corrected chi connectivity index (χ3v) is 1.68. The van der Waals surface area contributed by atoms with E-state index in [0.717, 1.165) is 6.07 Å². The van der Waals surface area contributed by atoms with Gasteiger partial charge in [0.2, 0.25) is 5.95 Å². The van der Waals surface area contributed by atoms with Crippen LogP contribution in [0, 0.1) is 5.95 Å². The molecule has 1 aromatic rings. The summed E-state index contributed by atoms with van der Waals surface area (Å²) < 4.78 is 17.2. The average Bonchev–Trinajstić information content (AvgIpc) is 2.16. The zero-order chi connectivity index (χ0) is 9.84. The zero-order valence-corrected chi connectivity index (χ0v) is 7.50. The van der Waals surface area contributed by atoms with Gasteiger partial charge in [0.25, 0.3) is 0 Å². The van der Waals surface area contributed by atoms with Crippen LogP contribution in [0.15, 0.2) is 12.1 Å². The van der Waals surface area contributed by atoms with Gasteiger partial charge in [0, 0.05) is 0 Å². The number of aromatic nitrogens is 1. The van der Waals surface area contributed by atoms with E-state index in [1.807, 2.05) is 0 Å². The normalized spacial score (nSPS) is 9.77. The van der Waals surface area contributed by atoms with Crippen LogP contribution in [-0.2, 0) is 11.2 Å². The first kappa shape index (κ1) is 9.64. The zero-order valence-electron chi connectivity index (χ0n) is 7.50. The van der Waals surface area contributed by atoms with E-state index in [0.29, 0.717) is 17.7 Å². The molecule has 0 N–H and O–H groups in total. The Morgan fingerprint density at radius 2 is 2.31 bits per heavy atom. The Bertz CT molecular complexity index is 325. The lowest BCUT2D eigenvalue weighted by Crippen LogP contribution is -2.07. The van der Waals surface area contributed by atoms with Gasteiger partial charge in [-0.15, -0.1) is 0 Å². The lowest BCUT2D eigenvalue weighted by atomic mass is 10.1. The number of ether oxygens (including phenoxy) is 1. The molecule has 0 amide bonds. The van der Waals surface area contributed by atoms with Crippen LogP contribution in [0.2, 0.25) is 0 Å². The van der Waals surface area contributed by atoms with E-state index >= 15 is 0 Å². The van der Waals surface area contributed by atoms with Crippen molar-refractivity contribution in [1.82, 2.24) is 4.98 Å². The quantitative estimate of drug-likeness (QED) is 0.516. The minimum Gasteiger partial charge on any atom is -0.465 e. The first-order valence-corrected chi connectivity index (χ1v) is 3.92. The molecule has 0 aliphatic carbocycles. The molecule has 0 bridgehead atoms. The average molecular weight is 183 g/mol. The molecule has 4 heteroatoms. The number of esters is 1. The molecule has 0 unspecified atom stereocenters. The molecule has 1 heterocycles. The van der Waals surface area contributed by atoms with Crippen molar-refractivity contribution in [3.05, 3.63) is 29.3 Å². The first-order valence-electron chi connectivity index (χ1n) is 3.92. The molecule has 13 heavy (non-hydrogen) atoms. The number of rotatable bonds is 2. The van der Waals surface area contributed by atoms with Crippen LogP contribution in [0.25, 0.3) is 0 Å². The maximum absolute atomic E-state index is 12.6. The van der Waals surface area contributed by atoms with E-state index in [9.17, 15) is 9.18 Å². The number of hydrogen-bond donors (Lipinski definition) is 0. The van der Waals surface area contributed by atoms with Crippen LogP contribution < -0.4 is 0 Å². The molecule has 3 nitrogen and oxygen atoms in total. The molecule has 0 aliphatic rings. The summed E-state index contributed by atoms with van der Waals surface area (Å²) in [4.78, 5) is 14.7. The minimum atomic E-state index is -0.579. The summed E-state index contributed by atoms with van der Waals surface area (Å²) in [5, 5.41) is 0. The number of pyridine rings is 1. The second-order valence-electron chi connectivity index (χ2n) is 2.47. The smallest absolute Gasteiger partial charge is 0.339 e. The van der Waals surface area contributed by atoms with Gasteiger partial charge in [-0.1, -0.05) is 6.92 Å². The Hall–Kier alpha value is -1.45. The molecule has 1 aromatic heterocycles. The van der Waals surface area contributed by atoms with Crippen molar-refractivity contribution in [2.75, 3.05) is 7.11 Å². The predicted octanol–water partition coefficient (Wildman–Crippen LogP) is 1.57. The number of carbonyl (C=O) groups is 1. The highest BCUT2D eigenvalue weighted by atomic mass is 19.1. The van der Waals surface area contributed by atoms with Gasteiger partial charge in [0.1, 0.15) is 0 Å². The van der Waals surface area contributed by atoms with Gasteiger partial charge in [-0.05, 0) is 18.6 Å². The lowest BCUT2D eigenvalue weighted by Gasteiger charge is -2.03. The number of halogens is 1. The Labute approximate surface area is 75.6 Å². The topological polar surface area (TPSA) is 39.2 Å². The Morgan fingerprint density at radius 3 is 2.85 bits per heavy atom. The molecule has 0 spiro atoms. The summed E-state index contributed by atoms with van der Waals surface area (Å²) in [5.74, 6) is -1.06. The van der Waals surface area contributed by atoms with Crippen molar-refractivity contribution < 1.29 is 13.9 Å². The number of carbonyl (C=O) groups excluding carboxylic acids is 1. The summed E-state index contributed by atoms with van der Waals surface area (Å²) in [5.41, 5.74) is 0.748. The molecule has 0 aromatic carbocycles. The maximum Gasteiger partial charge on any atom is 0.339 e. The van der Waals surface area contributed by atoms with Gasteiger partial charge >= 0.3 is 5.97 Å². The number of methoxy groups -OCH3 is 1. The molecule has 0 saturated carbocycles. The lowest BCUT2D eigenvalue weighted by molar-refractivity contribution is 0.0599. The molecule has 0 fully saturated rings. The summed E-state index contributed by atoms with van der Waals surface area (Å²) in [6, 6.07) is 2.53. The Morgan fingerprint density at radius 1 is 1.62 bits per heavy atom. The van der Waals surface area contributed by atoms with E-state index in [4.69, 9.17) is 0 Å². The second-order valence-corrected chi connectivity index (χ2v) is 2.47. The largest absolute Gasteiger partial charge is 0.465 e. The third kappa shape index (κ3) is 2.02. The SMILES string of the molecule is CCc1nc(F)ccc1C(=O)OC. The van der Waals surface area contributed by atoms with Gasteiger partial charge in [-0.25, -0.2) is 9.78 Å². The van der Waals surface area contributed by atoms with Crippen LogP contribution >= 0.6 is 0 Å². The molecule has 70 valence electrons. The van der Waals surface area contributed by atoms with E-state index in [2.05, 4.69) is 9.72 Å². The maximum atomic E-state index is 12.6. The highest BCUT2D eigenvalue weighted by Gasteiger charge is 2.11. The van der Waals surface area contributed by atoms with Crippen molar-refractivity contribution in [3.8, 4) is 0 Å². The third-order valence-electron chi connectivity index (χ3n) is 1.68. The van der Waals surface area contributed by atoms with Gasteiger partial charge in [0.05, 0.1) is 18.4 Å². The summed E-state index contributed by atoms with van der Waals surface area (Å²) in [6.45, 7) is 1.80. The molecule has 0 aliphatic heterocycles. The van der Waals surface area contributed by atoms with E-state index in [1.54, 1.807) is 6.92 Å². The van der Waals surface area contributed by atoms with Gasteiger partial charge < -0.3 is 4.74 Å². The highest BCUT2D eigenvalue weighted by Crippen LogP contribution is 2.09. The van der Waals surface area contributed by atoms with E-state index in [1.165, 1.54) is 13.2 Å². The minimum absolute atomic E-state index is 0.325. The van der Waals surface area contributed by atoms with Gasteiger partial charge in [0.15, 0.2) is 0 Å². The molecule has 1 rings (SSSR count). The van der Waals surface area contributed by atoms with Crippen LogP contribution in [0.5, 0.6) is 0 Å². The van der Waals surface area contributed by atoms with Crippen molar-refractivity contribution in [2.24, 2.45) is 0 Å². The fourth-order valence-electron chi connectivity index (χ4n) is 1.04.